The fraction of sp³-hybridized carbons (Fsp3) is 0.105. The van der Waals surface area contributed by atoms with Gasteiger partial charge in [-0.05, 0) is 25.5 Å². The number of hydrogen-bond acceptors (Lipinski definition) is 3. The average Bonchev–Trinajstić information content (AvgIpc) is 2.93. The summed E-state index contributed by atoms with van der Waals surface area (Å²) in [5, 5.41) is 3.15. The van der Waals surface area contributed by atoms with Crippen LogP contribution in [0.1, 0.15) is 11.4 Å². The third kappa shape index (κ3) is 2.13. The Kier molecular flexibility index (Phi) is 3.27. The van der Waals surface area contributed by atoms with Crippen LogP contribution in [0.5, 0.6) is 0 Å². The van der Waals surface area contributed by atoms with Crippen LogP contribution in [0, 0.1) is 13.8 Å². The molecule has 5 heteroatoms. The number of nitrogens with one attached hydrogen (secondary N) is 1. The molecule has 24 heavy (non-hydrogen) atoms. The zero-order valence-electron chi connectivity index (χ0n) is 13.4. The molecule has 1 aromatic carbocycles. The van der Waals surface area contributed by atoms with Gasteiger partial charge in [-0.25, -0.2) is 9.50 Å². The highest BCUT2D eigenvalue weighted by atomic mass is 16.1. The lowest BCUT2D eigenvalue weighted by molar-refractivity contribution is 0.876. The summed E-state index contributed by atoms with van der Waals surface area (Å²) in [5.41, 5.74) is 5.47. The van der Waals surface area contributed by atoms with Gasteiger partial charge in [-0.1, -0.05) is 36.4 Å². The van der Waals surface area contributed by atoms with E-state index in [1.807, 2.05) is 56.3 Å². The maximum Gasteiger partial charge on any atom is 0.280 e. The van der Waals surface area contributed by atoms with Crippen molar-refractivity contribution in [1.82, 2.24) is 19.6 Å². The van der Waals surface area contributed by atoms with Gasteiger partial charge in [-0.15, -0.1) is 0 Å². The van der Waals surface area contributed by atoms with E-state index in [1.165, 1.54) is 4.52 Å². The van der Waals surface area contributed by atoms with Gasteiger partial charge in [0.1, 0.15) is 0 Å². The molecule has 5 nitrogen and oxygen atoms in total. The quantitative estimate of drug-likeness (QED) is 0.617. The van der Waals surface area contributed by atoms with E-state index in [-0.39, 0.29) is 5.56 Å². The predicted octanol–water partition coefficient (Wildman–Crippen LogP) is 3.37. The van der Waals surface area contributed by atoms with Crippen molar-refractivity contribution in [2.75, 3.05) is 0 Å². The highest BCUT2D eigenvalue weighted by molar-refractivity contribution is 5.80. The Hall–Kier alpha value is -3.21. The van der Waals surface area contributed by atoms with E-state index in [0.29, 0.717) is 11.2 Å². The molecule has 0 fully saturated rings. The molecule has 0 atom stereocenters. The van der Waals surface area contributed by atoms with Gasteiger partial charge in [0.05, 0.1) is 11.3 Å². The number of pyridine rings is 1. The van der Waals surface area contributed by atoms with Crippen LogP contribution < -0.4 is 5.56 Å². The van der Waals surface area contributed by atoms with Crippen molar-refractivity contribution in [3.05, 3.63) is 76.6 Å². The Labute approximate surface area is 138 Å². The van der Waals surface area contributed by atoms with Crippen LogP contribution in [0.3, 0.4) is 0 Å². The zero-order valence-corrected chi connectivity index (χ0v) is 13.4. The molecule has 0 unspecified atom stereocenters. The van der Waals surface area contributed by atoms with Gasteiger partial charge < -0.3 is 0 Å². The molecule has 0 saturated heterocycles. The lowest BCUT2D eigenvalue weighted by Gasteiger charge is -2.06. The van der Waals surface area contributed by atoms with Crippen molar-refractivity contribution >= 4 is 5.65 Å². The van der Waals surface area contributed by atoms with Gasteiger partial charge in [0.15, 0.2) is 5.65 Å². The number of benzene rings is 1. The summed E-state index contributed by atoms with van der Waals surface area (Å²) in [7, 11) is 0. The number of hydrogen-bond donors (Lipinski definition) is 1. The molecule has 3 heterocycles. The standard InChI is InChI=1S/C19H16N4O/c1-12-17(14-7-4-3-5-8-14)19(24)23-18(21-12)16(13(2)22-23)15-9-6-10-20-11-15/h3-11,22H,1-2H3. The maximum atomic E-state index is 13.0. The van der Waals surface area contributed by atoms with Gasteiger partial charge in [-0.3, -0.25) is 14.9 Å². The van der Waals surface area contributed by atoms with Crippen molar-refractivity contribution in [3.63, 3.8) is 0 Å². The van der Waals surface area contributed by atoms with Crippen LogP contribution in [-0.2, 0) is 0 Å². The van der Waals surface area contributed by atoms with E-state index in [2.05, 4.69) is 10.1 Å². The summed E-state index contributed by atoms with van der Waals surface area (Å²) in [6.45, 7) is 3.81. The van der Waals surface area contributed by atoms with E-state index in [0.717, 1.165) is 28.1 Å². The van der Waals surface area contributed by atoms with E-state index in [4.69, 9.17) is 4.98 Å². The van der Waals surface area contributed by atoms with Crippen molar-refractivity contribution < 1.29 is 0 Å². The molecule has 4 aromatic rings. The third-order valence-electron chi connectivity index (χ3n) is 4.15. The summed E-state index contributed by atoms with van der Waals surface area (Å²) >= 11 is 0. The number of nitrogens with zero attached hydrogens (tertiary/aromatic N) is 3. The number of H-pyrrole nitrogens is 1. The SMILES string of the molecule is Cc1nc2c(-c3cccnc3)c(C)[nH]n2c(=O)c1-c1ccccc1. The molecule has 0 aliphatic carbocycles. The second-order valence-corrected chi connectivity index (χ2v) is 5.76. The molecule has 118 valence electrons. The first-order valence-corrected chi connectivity index (χ1v) is 7.74. The third-order valence-corrected chi connectivity index (χ3v) is 4.15. The van der Waals surface area contributed by atoms with E-state index >= 15 is 0 Å². The molecule has 3 aromatic heterocycles. The molecule has 0 radical (unpaired) electrons. The summed E-state index contributed by atoms with van der Waals surface area (Å²) < 4.78 is 1.52. The fourth-order valence-corrected chi connectivity index (χ4v) is 3.08. The second kappa shape index (κ2) is 5.45. The minimum atomic E-state index is -0.0954. The summed E-state index contributed by atoms with van der Waals surface area (Å²) in [5.74, 6) is 0. The lowest BCUT2D eigenvalue weighted by atomic mass is 10.1. The number of aromatic amines is 1. The van der Waals surface area contributed by atoms with Crippen molar-refractivity contribution in [3.8, 4) is 22.3 Å². The fourth-order valence-electron chi connectivity index (χ4n) is 3.08. The van der Waals surface area contributed by atoms with Crippen LogP contribution in [0.2, 0.25) is 0 Å². The van der Waals surface area contributed by atoms with E-state index in [9.17, 15) is 4.79 Å². The summed E-state index contributed by atoms with van der Waals surface area (Å²) in [4.78, 5) is 21.9. The maximum absolute atomic E-state index is 13.0. The molecule has 0 saturated carbocycles. The van der Waals surface area contributed by atoms with Gasteiger partial charge >= 0.3 is 0 Å². The van der Waals surface area contributed by atoms with Crippen molar-refractivity contribution in [2.24, 2.45) is 0 Å². The Morgan fingerprint density at radius 3 is 2.42 bits per heavy atom. The molecule has 0 spiro atoms. The van der Waals surface area contributed by atoms with Gasteiger partial charge in [0.2, 0.25) is 0 Å². The topological polar surface area (TPSA) is 63.1 Å². The van der Waals surface area contributed by atoms with Crippen LogP contribution in [0.25, 0.3) is 27.9 Å². The molecule has 0 aliphatic rings. The van der Waals surface area contributed by atoms with Gasteiger partial charge in [0.25, 0.3) is 5.56 Å². The highest BCUT2D eigenvalue weighted by Crippen LogP contribution is 2.27. The molecular weight excluding hydrogens is 300 g/mol. The van der Waals surface area contributed by atoms with Gasteiger partial charge in [-0.2, -0.15) is 0 Å². The Bertz CT molecular complexity index is 1080. The van der Waals surface area contributed by atoms with Crippen LogP contribution >= 0.6 is 0 Å². The normalized spacial score (nSPS) is 11.1. The predicted molar refractivity (Wildman–Crippen MR) is 94.0 cm³/mol. The number of aryl methyl sites for hydroxylation is 2. The van der Waals surface area contributed by atoms with Crippen LogP contribution in [0.15, 0.2) is 59.7 Å². The highest BCUT2D eigenvalue weighted by Gasteiger charge is 2.18. The molecule has 1 N–H and O–H groups in total. The summed E-state index contributed by atoms with van der Waals surface area (Å²) in [6.07, 6.45) is 3.51. The van der Waals surface area contributed by atoms with Crippen molar-refractivity contribution in [2.45, 2.75) is 13.8 Å². The second-order valence-electron chi connectivity index (χ2n) is 5.76. The smallest absolute Gasteiger partial charge is 0.280 e. The Morgan fingerprint density at radius 1 is 0.958 bits per heavy atom. The first-order valence-electron chi connectivity index (χ1n) is 7.74. The number of aromatic nitrogens is 4. The molecular formula is C19H16N4O. The number of fused-ring (bicyclic) bond motifs is 1. The Balaban J connectivity index is 2.05. The average molecular weight is 316 g/mol. The van der Waals surface area contributed by atoms with Gasteiger partial charge in [0, 0.05) is 29.2 Å². The molecule has 4 rings (SSSR count). The summed E-state index contributed by atoms with van der Waals surface area (Å²) in [6, 6.07) is 13.5. The molecule has 0 amide bonds. The van der Waals surface area contributed by atoms with Crippen LogP contribution in [-0.4, -0.2) is 19.6 Å². The minimum absolute atomic E-state index is 0.0954. The first-order chi connectivity index (χ1) is 11.7. The monoisotopic (exact) mass is 316 g/mol. The van der Waals surface area contributed by atoms with Crippen LogP contribution in [0.4, 0.5) is 0 Å². The van der Waals surface area contributed by atoms with E-state index in [1.54, 1.807) is 12.4 Å². The molecule has 0 bridgehead atoms. The van der Waals surface area contributed by atoms with Crippen molar-refractivity contribution in [1.29, 1.82) is 0 Å². The Morgan fingerprint density at radius 2 is 1.71 bits per heavy atom. The van der Waals surface area contributed by atoms with E-state index < -0.39 is 0 Å². The first kappa shape index (κ1) is 14.4. The molecule has 0 aliphatic heterocycles. The largest absolute Gasteiger partial charge is 0.293 e. The zero-order chi connectivity index (χ0) is 16.7. The minimum Gasteiger partial charge on any atom is -0.293 e. The lowest BCUT2D eigenvalue weighted by Crippen LogP contribution is -2.19. The number of rotatable bonds is 2.